The summed E-state index contributed by atoms with van der Waals surface area (Å²) in [6.45, 7) is 9.47. The quantitative estimate of drug-likeness (QED) is 0.592. The average Bonchev–Trinajstić information content (AvgIpc) is 2.01. The highest BCUT2D eigenvalue weighted by atomic mass is 14.4. The van der Waals surface area contributed by atoms with Crippen molar-refractivity contribution in [1.82, 2.24) is 0 Å². The van der Waals surface area contributed by atoms with Crippen molar-refractivity contribution in [3.8, 4) is 0 Å². The molecular weight excluding hydrogens is 144 g/mol. The first-order valence-corrected chi connectivity index (χ1v) is 5.69. The maximum absolute atomic E-state index is 2.41. The molecule has 0 amide bonds. The molecule has 1 aliphatic rings. The molecule has 1 saturated carbocycles. The van der Waals surface area contributed by atoms with Crippen LogP contribution in [0, 0.1) is 23.7 Å². The molecule has 72 valence electrons. The van der Waals surface area contributed by atoms with Crippen LogP contribution in [0.15, 0.2) is 0 Å². The third kappa shape index (κ3) is 2.02. The highest BCUT2D eigenvalue weighted by Gasteiger charge is 2.34. The van der Waals surface area contributed by atoms with Crippen LogP contribution in [0.3, 0.4) is 0 Å². The summed E-state index contributed by atoms with van der Waals surface area (Å²) in [6.07, 6.45) is 5.78. The van der Waals surface area contributed by atoms with E-state index in [2.05, 4.69) is 27.7 Å². The maximum Gasteiger partial charge on any atom is -0.0383 e. The van der Waals surface area contributed by atoms with Crippen molar-refractivity contribution < 1.29 is 0 Å². The Kier molecular flexibility index (Phi) is 3.61. The lowest BCUT2D eigenvalue weighted by molar-refractivity contribution is 0.0852. The molecule has 0 aromatic heterocycles. The molecule has 1 aliphatic carbocycles. The summed E-state index contributed by atoms with van der Waals surface area (Å²) in [5, 5.41) is 0. The van der Waals surface area contributed by atoms with Crippen LogP contribution in [0.4, 0.5) is 0 Å². The van der Waals surface area contributed by atoms with Crippen molar-refractivity contribution in [2.24, 2.45) is 23.7 Å². The predicted molar refractivity (Wildman–Crippen MR) is 55.1 cm³/mol. The lowest BCUT2D eigenvalue weighted by Crippen LogP contribution is -2.32. The topological polar surface area (TPSA) is 0 Å². The maximum atomic E-state index is 2.41. The lowest BCUT2D eigenvalue weighted by atomic mass is 9.64. The van der Waals surface area contributed by atoms with Gasteiger partial charge in [0.05, 0.1) is 0 Å². The summed E-state index contributed by atoms with van der Waals surface area (Å²) in [4.78, 5) is 0. The normalized spacial score (nSPS) is 34.0. The summed E-state index contributed by atoms with van der Waals surface area (Å²) in [7, 11) is 0. The SMILES string of the molecule is CCC(C)C1CC(C(C)CC)C1. The second-order valence-electron chi connectivity index (χ2n) is 4.76. The Balaban J connectivity index is 2.19. The highest BCUT2D eigenvalue weighted by molar-refractivity contribution is 4.84. The zero-order valence-electron chi connectivity index (χ0n) is 9.14. The van der Waals surface area contributed by atoms with Gasteiger partial charge >= 0.3 is 0 Å². The van der Waals surface area contributed by atoms with Gasteiger partial charge in [-0.1, -0.05) is 40.5 Å². The average molecular weight is 168 g/mol. The molecule has 0 aliphatic heterocycles. The lowest BCUT2D eigenvalue weighted by Gasteiger charge is -2.42. The first-order chi connectivity index (χ1) is 5.69. The fourth-order valence-electron chi connectivity index (χ4n) is 2.30. The number of hydrogen-bond donors (Lipinski definition) is 0. The van der Waals surface area contributed by atoms with Gasteiger partial charge < -0.3 is 0 Å². The van der Waals surface area contributed by atoms with Crippen LogP contribution in [-0.4, -0.2) is 0 Å². The molecule has 0 nitrogen and oxygen atoms in total. The van der Waals surface area contributed by atoms with E-state index < -0.39 is 0 Å². The molecule has 0 aromatic carbocycles. The van der Waals surface area contributed by atoms with E-state index in [1.165, 1.54) is 25.7 Å². The van der Waals surface area contributed by atoms with E-state index >= 15 is 0 Å². The van der Waals surface area contributed by atoms with Crippen molar-refractivity contribution in [3.63, 3.8) is 0 Å². The molecule has 0 radical (unpaired) electrons. The minimum Gasteiger partial charge on any atom is -0.0651 e. The van der Waals surface area contributed by atoms with Gasteiger partial charge in [-0.05, 0) is 36.5 Å². The van der Waals surface area contributed by atoms with Gasteiger partial charge in [0.15, 0.2) is 0 Å². The Morgan fingerprint density at radius 3 is 1.50 bits per heavy atom. The van der Waals surface area contributed by atoms with Crippen LogP contribution in [0.1, 0.15) is 53.4 Å². The third-order valence-electron chi connectivity index (χ3n) is 4.11. The van der Waals surface area contributed by atoms with Gasteiger partial charge in [0.1, 0.15) is 0 Å². The second-order valence-corrected chi connectivity index (χ2v) is 4.76. The smallest absolute Gasteiger partial charge is 0.0383 e. The minimum absolute atomic E-state index is 0.977. The molecule has 0 heteroatoms. The van der Waals surface area contributed by atoms with Crippen LogP contribution in [0.2, 0.25) is 0 Å². The van der Waals surface area contributed by atoms with Crippen molar-refractivity contribution in [3.05, 3.63) is 0 Å². The van der Waals surface area contributed by atoms with Gasteiger partial charge in [-0.3, -0.25) is 0 Å². The summed E-state index contributed by atoms with van der Waals surface area (Å²) in [5.41, 5.74) is 0. The Morgan fingerprint density at radius 1 is 0.917 bits per heavy atom. The van der Waals surface area contributed by atoms with Crippen LogP contribution in [0.25, 0.3) is 0 Å². The molecule has 0 saturated heterocycles. The Labute approximate surface area is 77.7 Å². The van der Waals surface area contributed by atoms with E-state index in [0.29, 0.717) is 0 Å². The Bertz CT molecular complexity index is 108. The zero-order chi connectivity index (χ0) is 9.14. The van der Waals surface area contributed by atoms with Crippen molar-refractivity contribution in [2.45, 2.75) is 53.4 Å². The van der Waals surface area contributed by atoms with E-state index in [4.69, 9.17) is 0 Å². The highest BCUT2D eigenvalue weighted by Crippen LogP contribution is 2.44. The molecule has 0 spiro atoms. The minimum atomic E-state index is 0.977. The zero-order valence-corrected chi connectivity index (χ0v) is 9.14. The summed E-state index contributed by atoms with van der Waals surface area (Å²) in [5.74, 6) is 4.08. The predicted octanol–water partition coefficient (Wildman–Crippen LogP) is 4.10. The monoisotopic (exact) mass is 168 g/mol. The fourth-order valence-corrected chi connectivity index (χ4v) is 2.30. The van der Waals surface area contributed by atoms with Crippen LogP contribution in [-0.2, 0) is 0 Å². The summed E-state index contributed by atoms with van der Waals surface area (Å²) in [6, 6.07) is 0. The van der Waals surface area contributed by atoms with Crippen LogP contribution >= 0.6 is 0 Å². The molecule has 1 rings (SSSR count). The standard InChI is InChI=1S/C12H24/c1-5-9(3)11-7-12(8-11)10(4)6-2/h9-12H,5-8H2,1-4H3. The summed E-state index contributed by atoms with van der Waals surface area (Å²) >= 11 is 0. The van der Waals surface area contributed by atoms with Crippen molar-refractivity contribution in [1.29, 1.82) is 0 Å². The fraction of sp³-hybridized carbons (Fsp3) is 1.00. The van der Waals surface area contributed by atoms with E-state index in [0.717, 1.165) is 23.7 Å². The largest absolute Gasteiger partial charge is 0.0651 e. The second kappa shape index (κ2) is 4.30. The van der Waals surface area contributed by atoms with Gasteiger partial charge in [-0.15, -0.1) is 0 Å². The number of hydrogen-bond acceptors (Lipinski definition) is 0. The van der Waals surface area contributed by atoms with Gasteiger partial charge in [-0.25, -0.2) is 0 Å². The van der Waals surface area contributed by atoms with E-state index in [9.17, 15) is 0 Å². The van der Waals surface area contributed by atoms with Crippen molar-refractivity contribution in [2.75, 3.05) is 0 Å². The first-order valence-electron chi connectivity index (χ1n) is 5.69. The molecule has 2 unspecified atom stereocenters. The molecule has 0 bridgehead atoms. The van der Waals surface area contributed by atoms with E-state index in [1.807, 2.05) is 0 Å². The molecule has 0 N–H and O–H groups in total. The van der Waals surface area contributed by atoms with Gasteiger partial charge in [0, 0.05) is 0 Å². The van der Waals surface area contributed by atoms with E-state index in [1.54, 1.807) is 0 Å². The molecule has 0 heterocycles. The molecule has 12 heavy (non-hydrogen) atoms. The summed E-state index contributed by atoms with van der Waals surface area (Å²) < 4.78 is 0. The van der Waals surface area contributed by atoms with E-state index in [-0.39, 0.29) is 0 Å². The molecule has 1 fully saturated rings. The molecule has 0 aromatic rings. The Hall–Kier alpha value is 0. The number of rotatable bonds is 4. The van der Waals surface area contributed by atoms with Gasteiger partial charge in [-0.2, -0.15) is 0 Å². The van der Waals surface area contributed by atoms with Crippen LogP contribution < -0.4 is 0 Å². The Morgan fingerprint density at radius 2 is 1.25 bits per heavy atom. The van der Waals surface area contributed by atoms with Crippen LogP contribution in [0.5, 0.6) is 0 Å². The van der Waals surface area contributed by atoms with Crippen molar-refractivity contribution >= 4 is 0 Å². The van der Waals surface area contributed by atoms with Gasteiger partial charge in [0.2, 0.25) is 0 Å². The van der Waals surface area contributed by atoms with Gasteiger partial charge in [0.25, 0.3) is 0 Å². The third-order valence-corrected chi connectivity index (χ3v) is 4.11. The molecular formula is C12H24. The molecule has 2 atom stereocenters. The first kappa shape index (κ1) is 10.1.